The number of carbonyl (C=O) groups excluding carboxylic acids is 1. The van der Waals surface area contributed by atoms with Gasteiger partial charge in [-0.15, -0.1) is 0 Å². The van der Waals surface area contributed by atoms with Crippen molar-refractivity contribution in [2.24, 2.45) is 0 Å². The van der Waals surface area contributed by atoms with Crippen molar-refractivity contribution in [1.29, 1.82) is 0 Å². The number of pyridine rings is 1. The van der Waals surface area contributed by atoms with E-state index in [4.69, 9.17) is 4.74 Å². The molecule has 4 aromatic rings. The van der Waals surface area contributed by atoms with Crippen LogP contribution in [0.2, 0.25) is 0 Å². The second-order valence-electron chi connectivity index (χ2n) is 6.51. The molecule has 0 radical (unpaired) electrons. The largest absolute Gasteiger partial charge is 0.462 e. The quantitative estimate of drug-likeness (QED) is 0.473. The molecular weight excluding hydrogens is 394 g/mol. The Hall–Kier alpha value is -3.88. The van der Waals surface area contributed by atoms with E-state index in [0.29, 0.717) is 12.2 Å². The van der Waals surface area contributed by atoms with Crippen LogP contribution in [0.1, 0.15) is 22.8 Å². The Kier molecular flexibility index (Phi) is 5.09. The van der Waals surface area contributed by atoms with Gasteiger partial charge >= 0.3 is 5.97 Å². The van der Waals surface area contributed by atoms with Gasteiger partial charge in [-0.25, -0.2) is 23.2 Å². The van der Waals surface area contributed by atoms with Crippen molar-refractivity contribution in [2.45, 2.75) is 13.5 Å². The van der Waals surface area contributed by atoms with E-state index < -0.39 is 23.0 Å². The van der Waals surface area contributed by atoms with Crippen molar-refractivity contribution in [2.75, 3.05) is 6.61 Å². The smallest absolute Gasteiger partial charge is 0.343 e. The molecule has 0 unspecified atom stereocenters. The van der Waals surface area contributed by atoms with Crippen LogP contribution in [-0.4, -0.2) is 31.9 Å². The van der Waals surface area contributed by atoms with Gasteiger partial charge in [0.2, 0.25) is 5.43 Å². The van der Waals surface area contributed by atoms with E-state index in [1.807, 2.05) is 6.07 Å². The maximum atomic E-state index is 14.0. The summed E-state index contributed by atoms with van der Waals surface area (Å²) in [7, 11) is 0. The van der Waals surface area contributed by atoms with Gasteiger partial charge in [0, 0.05) is 18.0 Å². The third-order valence-corrected chi connectivity index (χ3v) is 4.54. The zero-order valence-electron chi connectivity index (χ0n) is 15.9. The van der Waals surface area contributed by atoms with Gasteiger partial charge in [0.1, 0.15) is 18.2 Å². The van der Waals surface area contributed by atoms with Gasteiger partial charge < -0.3 is 9.30 Å². The van der Waals surface area contributed by atoms with E-state index in [2.05, 4.69) is 10.1 Å². The molecular formula is C21H16F2N4O3. The van der Waals surface area contributed by atoms with E-state index in [-0.39, 0.29) is 23.1 Å². The molecule has 0 aliphatic carbocycles. The number of hydrogen-bond donors (Lipinski definition) is 0. The minimum Gasteiger partial charge on any atom is -0.462 e. The molecule has 0 saturated heterocycles. The molecule has 0 amide bonds. The molecule has 0 aliphatic heterocycles. The van der Waals surface area contributed by atoms with Crippen LogP contribution in [0.5, 0.6) is 0 Å². The molecule has 30 heavy (non-hydrogen) atoms. The lowest BCUT2D eigenvalue weighted by atomic mass is 10.1. The van der Waals surface area contributed by atoms with Gasteiger partial charge in [-0.3, -0.25) is 4.79 Å². The molecule has 7 nitrogen and oxygen atoms in total. The van der Waals surface area contributed by atoms with Crippen LogP contribution in [0.15, 0.2) is 60.0 Å². The Bertz CT molecular complexity index is 1300. The Labute approximate surface area is 169 Å². The predicted molar refractivity (Wildman–Crippen MR) is 105 cm³/mol. The monoisotopic (exact) mass is 410 g/mol. The molecule has 0 fully saturated rings. The summed E-state index contributed by atoms with van der Waals surface area (Å²) in [6, 6.07) is 8.89. The first-order valence-electron chi connectivity index (χ1n) is 9.11. The summed E-state index contributed by atoms with van der Waals surface area (Å²) in [6.07, 6.45) is 4.27. The zero-order valence-corrected chi connectivity index (χ0v) is 15.9. The van der Waals surface area contributed by atoms with Gasteiger partial charge in [-0.05, 0) is 30.7 Å². The molecule has 152 valence electrons. The highest BCUT2D eigenvalue weighted by atomic mass is 19.2. The summed E-state index contributed by atoms with van der Waals surface area (Å²) in [5, 5.41) is 3.94. The summed E-state index contributed by atoms with van der Waals surface area (Å²) in [5.74, 6) is -3.10. The average molecular weight is 410 g/mol. The molecule has 0 spiro atoms. The molecule has 0 atom stereocenters. The first-order chi connectivity index (χ1) is 14.5. The summed E-state index contributed by atoms with van der Waals surface area (Å²) >= 11 is 0. The summed E-state index contributed by atoms with van der Waals surface area (Å²) in [6.45, 7) is 2.11. The maximum absolute atomic E-state index is 14.0. The minimum atomic E-state index is -1.17. The summed E-state index contributed by atoms with van der Waals surface area (Å²) < 4.78 is 35.9. The van der Waals surface area contributed by atoms with E-state index in [1.165, 1.54) is 17.1 Å². The SMILES string of the molecule is CCOC(=O)c1cn(-c2cccc(Cn3cncn3)c2)c2cc(F)c(F)cc2c1=O. The van der Waals surface area contributed by atoms with Crippen LogP contribution >= 0.6 is 0 Å². The molecule has 2 aromatic carbocycles. The van der Waals surface area contributed by atoms with Crippen LogP contribution in [0.25, 0.3) is 16.6 Å². The molecule has 0 aliphatic rings. The first-order valence-corrected chi connectivity index (χ1v) is 9.11. The summed E-state index contributed by atoms with van der Waals surface area (Å²) in [5.41, 5.74) is 0.540. The molecule has 4 rings (SSSR count). The second-order valence-corrected chi connectivity index (χ2v) is 6.51. The summed E-state index contributed by atoms with van der Waals surface area (Å²) in [4.78, 5) is 28.9. The van der Waals surface area contributed by atoms with Crippen molar-refractivity contribution in [1.82, 2.24) is 19.3 Å². The number of ether oxygens (including phenoxy) is 1. The molecule has 2 aromatic heterocycles. The lowest BCUT2D eigenvalue weighted by Crippen LogP contribution is -2.21. The number of esters is 1. The lowest BCUT2D eigenvalue weighted by Gasteiger charge is -2.15. The number of halogens is 2. The Morgan fingerprint density at radius 3 is 2.70 bits per heavy atom. The molecule has 9 heteroatoms. The van der Waals surface area contributed by atoms with Gasteiger partial charge in [0.05, 0.1) is 24.1 Å². The normalized spacial score (nSPS) is 11.0. The number of benzene rings is 2. The first kappa shape index (κ1) is 19.4. The third-order valence-electron chi connectivity index (χ3n) is 4.54. The van der Waals surface area contributed by atoms with Crippen molar-refractivity contribution in [3.63, 3.8) is 0 Å². The van der Waals surface area contributed by atoms with Gasteiger partial charge in [-0.1, -0.05) is 12.1 Å². The van der Waals surface area contributed by atoms with Gasteiger partial charge in [-0.2, -0.15) is 5.10 Å². The van der Waals surface area contributed by atoms with Crippen molar-refractivity contribution in [3.05, 3.63) is 88.2 Å². The fourth-order valence-electron chi connectivity index (χ4n) is 3.19. The average Bonchev–Trinajstić information content (AvgIpc) is 3.23. The number of carbonyl (C=O) groups is 1. The highest BCUT2D eigenvalue weighted by molar-refractivity contribution is 5.94. The fraction of sp³-hybridized carbons (Fsp3) is 0.143. The Morgan fingerprint density at radius 1 is 1.17 bits per heavy atom. The lowest BCUT2D eigenvalue weighted by molar-refractivity contribution is 0.0524. The highest BCUT2D eigenvalue weighted by Crippen LogP contribution is 2.22. The molecule has 0 saturated carbocycles. The predicted octanol–water partition coefficient (Wildman–Crippen LogP) is 3.09. The topological polar surface area (TPSA) is 79.0 Å². The molecule has 2 heterocycles. The van der Waals surface area contributed by atoms with Crippen LogP contribution < -0.4 is 5.43 Å². The number of nitrogens with zero attached hydrogens (tertiary/aromatic N) is 4. The van der Waals surface area contributed by atoms with E-state index in [1.54, 1.807) is 36.1 Å². The number of fused-ring (bicyclic) bond motifs is 1. The number of hydrogen-bond acceptors (Lipinski definition) is 5. The minimum absolute atomic E-state index is 0.0709. The molecule has 0 N–H and O–H groups in total. The maximum Gasteiger partial charge on any atom is 0.343 e. The Morgan fingerprint density at radius 2 is 1.97 bits per heavy atom. The van der Waals surface area contributed by atoms with Crippen molar-refractivity contribution in [3.8, 4) is 5.69 Å². The second kappa shape index (κ2) is 7.86. The zero-order chi connectivity index (χ0) is 21.3. The van der Waals surface area contributed by atoms with Crippen LogP contribution in [-0.2, 0) is 11.3 Å². The van der Waals surface area contributed by atoms with Crippen LogP contribution in [0.3, 0.4) is 0 Å². The van der Waals surface area contributed by atoms with Crippen molar-refractivity contribution < 1.29 is 18.3 Å². The van der Waals surface area contributed by atoms with E-state index in [9.17, 15) is 18.4 Å². The van der Waals surface area contributed by atoms with Gasteiger partial charge in [0.15, 0.2) is 11.6 Å². The van der Waals surface area contributed by atoms with Crippen LogP contribution in [0, 0.1) is 11.6 Å². The van der Waals surface area contributed by atoms with E-state index >= 15 is 0 Å². The van der Waals surface area contributed by atoms with Crippen molar-refractivity contribution >= 4 is 16.9 Å². The fourth-order valence-corrected chi connectivity index (χ4v) is 3.19. The standard InChI is InChI=1S/C21H16F2N4O3/c1-2-30-21(29)16-10-27(19-8-18(23)17(22)7-15(19)20(16)28)14-5-3-4-13(6-14)9-26-12-24-11-25-26/h3-8,10-12H,2,9H2,1H3. The highest BCUT2D eigenvalue weighted by Gasteiger charge is 2.19. The number of aromatic nitrogens is 4. The van der Waals surface area contributed by atoms with Gasteiger partial charge in [0.25, 0.3) is 0 Å². The van der Waals surface area contributed by atoms with E-state index in [0.717, 1.165) is 17.7 Å². The number of rotatable bonds is 5. The molecule has 0 bridgehead atoms. The Balaban J connectivity index is 1.93. The third kappa shape index (κ3) is 3.57. The van der Waals surface area contributed by atoms with Crippen LogP contribution in [0.4, 0.5) is 8.78 Å².